The van der Waals surface area contributed by atoms with Gasteiger partial charge in [-0.2, -0.15) is 0 Å². The summed E-state index contributed by atoms with van der Waals surface area (Å²) in [5.74, 6) is -0.112. The molecule has 1 aliphatic carbocycles. The summed E-state index contributed by atoms with van der Waals surface area (Å²) in [6.45, 7) is 0. The third kappa shape index (κ3) is 2.69. The molecule has 1 aromatic rings. The van der Waals surface area contributed by atoms with Crippen LogP contribution in [0.1, 0.15) is 36.1 Å². The lowest BCUT2D eigenvalue weighted by Gasteiger charge is -2.13. The van der Waals surface area contributed by atoms with Crippen LogP contribution in [-0.2, 0) is 4.79 Å². The molecule has 0 aromatic carbocycles. The van der Waals surface area contributed by atoms with Crippen molar-refractivity contribution < 1.29 is 4.79 Å². The van der Waals surface area contributed by atoms with Gasteiger partial charge < -0.3 is 5.32 Å². The Bertz CT molecular complexity index is 322. The Morgan fingerprint density at radius 2 is 2.33 bits per heavy atom. The second-order valence-electron chi connectivity index (χ2n) is 3.72. The molecule has 0 radical (unpaired) electrons. The predicted molar refractivity (Wildman–Crippen MR) is 61.1 cm³/mol. The molecule has 3 nitrogen and oxygen atoms in total. The summed E-state index contributed by atoms with van der Waals surface area (Å²) >= 11 is 7.43. The van der Waals surface area contributed by atoms with E-state index in [0.717, 1.165) is 12.8 Å². The molecule has 1 heterocycles. The van der Waals surface area contributed by atoms with Gasteiger partial charge in [0, 0.05) is 17.6 Å². The lowest BCUT2D eigenvalue weighted by Crippen LogP contribution is -2.34. The summed E-state index contributed by atoms with van der Waals surface area (Å²) in [5.41, 5.74) is 0. The van der Waals surface area contributed by atoms with Crippen LogP contribution in [0.25, 0.3) is 0 Å². The van der Waals surface area contributed by atoms with Crippen molar-refractivity contribution in [2.75, 3.05) is 0 Å². The SMILES string of the molecule is O=C(NC1CCCC1)C(Cl)c1nccs1. The van der Waals surface area contributed by atoms with Crippen LogP contribution >= 0.6 is 22.9 Å². The Morgan fingerprint density at radius 1 is 1.60 bits per heavy atom. The van der Waals surface area contributed by atoms with Crippen molar-refractivity contribution in [3.05, 3.63) is 16.6 Å². The van der Waals surface area contributed by atoms with E-state index in [1.165, 1.54) is 24.2 Å². The third-order valence-electron chi connectivity index (χ3n) is 2.60. The molecule has 0 spiro atoms. The molecule has 0 saturated heterocycles. The fourth-order valence-corrected chi connectivity index (χ4v) is 2.70. The van der Waals surface area contributed by atoms with Crippen LogP contribution < -0.4 is 5.32 Å². The Morgan fingerprint density at radius 3 is 2.93 bits per heavy atom. The molecule has 1 amide bonds. The molecule has 82 valence electrons. The predicted octanol–water partition coefficient (Wildman–Crippen LogP) is 2.48. The fraction of sp³-hybridized carbons (Fsp3) is 0.600. The second kappa shape index (κ2) is 4.94. The first kappa shape index (κ1) is 10.9. The zero-order valence-electron chi connectivity index (χ0n) is 8.28. The highest BCUT2D eigenvalue weighted by Crippen LogP contribution is 2.24. The van der Waals surface area contributed by atoms with Gasteiger partial charge in [0.05, 0.1) is 0 Å². The summed E-state index contributed by atoms with van der Waals surface area (Å²) in [6.07, 6.45) is 6.23. The Balaban J connectivity index is 1.90. The molecule has 0 bridgehead atoms. The van der Waals surface area contributed by atoms with Gasteiger partial charge in [0.25, 0.3) is 0 Å². The van der Waals surface area contributed by atoms with Crippen LogP contribution in [0, 0.1) is 0 Å². The van der Waals surface area contributed by atoms with Crippen molar-refractivity contribution >= 4 is 28.8 Å². The molecule has 1 saturated carbocycles. The van der Waals surface area contributed by atoms with Gasteiger partial charge in [-0.3, -0.25) is 4.79 Å². The van der Waals surface area contributed by atoms with Gasteiger partial charge in [0.2, 0.25) is 5.91 Å². The summed E-state index contributed by atoms with van der Waals surface area (Å²) in [6, 6.07) is 0.318. The van der Waals surface area contributed by atoms with Crippen LogP contribution in [0.2, 0.25) is 0 Å². The second-order valence-corrected chi connectivity index (χ2v) is 5.09. The monoisotopic (exact) mass is 244 g/mol. The molecular weight excluding hydrogens is 232 g/mol. The average molecular weight is 245 g/mol. The summed E-state index contributed by atoms with van der Waals surface area (Å²) in [5, 5.41) is 4.83. The van der Waals surface area contributed by atoms with Gasteiger partial charge in [0.1, 0.15) is 5.01 Å². The van der Waals surface area contributed by atoms with E-state index >= 15 is 0 Å². The molecule has 5 heteroatoms. The minimum absolute atomic E-state index is 0.112. The normalized spacial score (nSPS) is 19.0. The van der Waals surface area contributed by atoms with Crippen LogP contribution in [-0.4, -0.2) is 16.9 Å². The minimum atomic E-state index is -0.634. The molecule has 1 aliphatic rings. The van der Waals surface area contributed by atoms with E-state index in [4.69, 9.17) is 11.6 Å². The zero-order chi connectivity index (χ0) is 10.7. The number of alkyl halides is 1. The summed E-state index contributed by atoms with van der Waals surface area (Å²) in [7, 11) is 0. The van der Waals surface area contributed by atoms with Crippen molar-refractivity contribution in [2.24, 2.45) is 0 Å². The number of hydrogen-bond donors (Lipinski definition) is 1. The van der Waals surface area contributed by atoms with E-state index < -0.39 is 5.38 Å². The first-order valence-corrected chi connectivity index (χ1v) is 6.43. The maximum absolute atomic E-state index is 11.7. The quantitative estimate of drug-likeness (QED) is 0.830. The largest absolute Gasteiger partial charge is 0.352 e. The maximum Gasteiger partial charge on any atom is 0.245 e. The Labute approximate surface area is 97.9 Å². The van der Waals surface area contributed by atoms with E-state index in [9.17, 15) is 4.79 Å². The first-order valence-electron chi connectivity index (χ1n) is 5.11. The van der Waals surface area contributed by atoms with Gasteiger partial charge in [-0.25, -0.2) is 4.98 Å². The standard InChI is InChI=1S/C10H13ClN2OS/c11-8(10-12-5-6-15-10)9(14)13-7-3-1-2-4-7/h5-8H,1-4H2,(H,13,14). The molecule has 1 aromatic heterocycles. The number of thiazole rings is 1. The first-order chi connectivity index (χ1) is 7.27. The Kier molecular flexibility index (Phi) is 3.59. The van der Waals surface area contributed by atoms with E-state index in [1.54, 1.807) is 6.20 Å². The summed E-state index contributed by atoms with van der Waals surface area (Å²) in [4.78, 5) is 15.8. The summed E-state index contributed by atoms with van der Waals surface area (Å²) < 4.78 is 0. The molecule has 1 unspecified atom stereocenters. The maximum atomic E-state index is 11.7. The topological polar surface area (TPSA) is 42.0 Å². The van der Waals surface area contributed by atoms with Gasteiger partial charge in [-0.05, 0) is 12.8 Å². The highest BCUT2D eigenvalue weighted by atomic mass is 35.5. The lowest BCUT2D eigenvalue weighted by molar-refractivity contribution is -0.121. The number of amides is 1. The molecule has 0 aliphatic heterocycles. The number of nitrogens with zero attached hydrogens (tertiary/aromatic N) is 1. The van der Waals surface area contributed by atoms with E-state index in [0.29, 0.717) is 11.0 Å². The highest BCUT2D eigenvalue weighted by Gasteiger charge is 2.24. The van der Waals surface area contributed by atoms with Crippen LogP contribution in [0.4, 0.5) is 0 Å². The van der Waals surface area contributed by atoms with Gasteiger partial charge >= 0.3 is 0 Å². The number of carbonyl (C=O) groups is 1. The van der Waals surface area contributed by atoms with Crippen molar-refractivity contribution in [3.63, 3.8) is 0 Å². The number of nitrogens with one attached hydrogen (secondary N) is 1. The van der Waals surface area contributed by atoms with Crippen LogP contribution in [0.15, 0.2) is 11.6 Å². The molecule has 1 N–H and O–H groups in total. The van der Waals surface area contributed by atoms with Crippen LogP contribution in [0.5, 0.6) is 0 Å². The van der Waals surface area contributed by atoms with E-state index in [2.05, 4.69) is 10.3 Å². The van der Waals surface area contributed by atoms with Crippen molar-refractivity contribution in [3.8, 4) is 0 Å². The molecule has 1 fully saturated rings. The minimum Gasteiger partial charge on any atom is -0.352 e. The van der Waals surface area contributed by atoms with Gasteiger partial charge in [0.15, 0.2) is 5.38 Å². The van der Waals surface area contributed by atoms with Gasteiger partial charge in [-0.1, -0.05) is 12.8 Å². The smallest absolute Gasteiger partial charge is 0.245 e. The molecular formula is C10H13ClN2OS. The zero-order valence-corrected chi connectivity index (χ0v) is 9.85. The van der Waals surface area contributed by atoms with Crippen molar-refractivity contribution in [2.45, 2.75) is 37.1 Å². The Hall–Kier alpha value is -0.610. The van der Waals surface area contributed by atoms with Gasteiger partial charge in [-0.15, -0.1) is 22.9 Å². The number of rotatable bonds is 3. The number of aromatic nitrogens is 1. The lowest BCUT2D eigenvalue weighted by atomic mass is 10.2. The molecule has 2 rings (SSSR count). The molecule has 1 atom stereocenters. The number of carbonyl (C=O) groups excluding carboxylic acids is 1. The van der Waals surface area contributed by atoms with Crippen molar-refractivity contribution in [1.29, 1.82) is 0 Å². The fourth-order valence-electron chi connectivity index (χ4n) is 1.82. The molecule has 15 heavy (non-hydrogen) atoms. The van der Waals surface area contributed by atoms with E-state index in [1.807, 2.05) is 5.38 Å². The average Bonchev–Trinajstić information content (AvgIpc) is 2.88. The third-order valence-corrected chi connectivity index (χ3v) is 3.97. The highest BCUT2D eigenvalue weighted by molar-refractivity contribution is 7.10. The van der Waals surface area contributed by atoms with Crippen molar-refractivity contribution in [1.82, 2.24) is 10.3 Å². The van der Waals surface area contributed by atoms with E-state index in [-0.39, 0.29) is 5.91 Å². The van der Waals surface area contributed by atoms with Crippen LogP contribution in [0.3, 0.4) is 0 Å². The number of hydrogen-bond acceptors (Lipinski definition) is 3. The number of halogens is 1.